The van der Waals surface area contributed by atoms with Gasteiger partial charge in [-0.05, 0) is 19.3 Å². The number of hydrogen-bond donors (Lipinski definition) is 1. The summed E-state index contributed by atoms with van der Waals surface area (Å²) in [5.74, 6) is -0.00518. The summed E-state index contributed by atoms with van der Waals surface area (Å²) in [6.07, 6.45) is 2.83. The molecule has 2 amide bonds. The van der Waals surface area contributed by atoms with Crippen molar-refractivity contribution in [1.29, 1.82) is 0 Å². The second kappa shape index (κ2) is 5.61. The Labute approximate surface area is 118 Å². The van der Waals surface area contributed by atoms with Gasteiger partial charge in [-0.15, -0.1) is 0 Å². The van der Waals surface area contributed by atoms with E-state index in [9.17, 15) is 9.59 Å². The van der Waals surface area contributed by atoms with E-state index in [2.05, 4.69) is 13.8 Å². The highest BCUT2D eigenvalue weighted by Crippen LogP contribution is 2.32. The Morgan fingerprint density at radius 1 is 1.37 bits per heavy atom. The molecule has 0 bridgehead atoms. The molecule has 0 aromatic rings. The van der Waals surface area contributed by atoms with E-state index in [0.29, 0.717) is 0 Å². The zero-order valence-corrected chi connectivity index (χ0v) is 12.4. The van der Waals surface area contributed by atoms with Gasteiger partial charge < -0.3 is 14.9 Å². The normalized spacial score (nSPS) is 22.7. The average molecular weight is 286 g/mol. The molecular formula is C13H22N2O3S. The minimum atomic E-state index is -0.926. The second-order valence-electron chi connectivity index (χ2n) is 5.88. The third-order valence-corrected chi connectivity index (χ3v) is 5.02. The quantitative estimate of drug-likeness (QED) is 0.860. The summed E-state index contributed by atoms with van der Waals surface area (Å²) in [5, 5.41) is 8.93. The van der Waals surface area contributed by atoms with Gasteiger partial charge in [0.1, 0.15) is 6.54 Å². The molecule has 6 heteroatoms. The Hall–Kier alpha value is -0.910. The smallest absolute Gasteiger partial charge is 0.323 e. The van der Waals surface area contributed by atoms with E-state index in [-0.39, 0.29) is 23.4 Å². The number of urea groups is 1. The average Bonchev–Trinajstić information content (AvgIpc) is 3.12. The van der Waals surface area contributed by atoms with Crippen LogP contribution in [-0.2, 0) is 4.79 Å². The molecule has 0 atom stereocenters. The van der Waals surface area contributed by atoms with Crippen molar-refractivity contribution < 1.29 is 14.7 Å². The maximum absolute atomic E-state index is 12.5. The first kappa shape index (κ1) is 14.5. The molecule has 1 heterocycles. The summed E-state index contributed by atoms with van der Waals surface area (Å²) >= 11 is 1.88. The fourth-order valence-electron chi connectivity index (χ4n) is 2.28. The highest BCUT2D eigenvalue weighted by atomic mass is 32.2. The maximum Gasteiger partial charge on any atom is 0.323 e. The topological polar surface area (TPSA) is 60.9 Å². The van der Waals surface area contributed by atoms with Crippen molar-refractivity contribution in [2.24, 2.45) is 0 Å². The zero-order valence-electron chi connectivity index (χ0n) is 11.6. The number of thioether (sulfide) groups is 1. The Bertz CT molecular complexity index is 369. The molecule has 0 radical (unpaired) electrons. The van der Waals surface area contributed by atoms with Gasteiger partial charge in [-0.1, -0.05) is 13.8 Å². The van der Waals surface area contributed by atoms with E-state index in [0.717, 1.165) is 38.1 Å². The van der Waals surface area contributed by atoms with Gasteiger partial charge in [-0.2, -0.15) is 11.8 Å². The fraction of sp³-hybridized carbons (Fsp3) is 0.846. The molecular weight excluding hydrogens is 264 g/mol. The molecule has 1 saturated carbocycles. The number of carbonyl (C=O) groups excluding carboxylic acids is 1. The van der Waals surface area contributed by atoms with E-state index >= 15 is 0 Å². The van der Waals surface area contributed by atoms with Gasteiger partial charge in [0.15, 0.2) is 0 Å². The molecule has 1 N–H and O–H groups in total. The first-order valence-corrected chi connectivity index (χ1v) is 7.79. The van der Waals surface area contributed by atoms with Crippen LogP contribution in [0.2, 0.25) is 0 Å². The number of rotatable bonds is 3. The molecule has 0 spiro atoms. The van der Waals surface area contributed by atoms with Crippen molar-refractivity contribution in [3.05, 3.63) is 0 Å². The van der Waals surface area contributed by atoms with Crippen LogP contribution in [0.5, 0.6) is 0 Å². The molecule has 1 aliphatic heterocycles. The fourth-order valence-corrected chi connectivity index (χ4v) is 3.38. The minimum absolute atomic E-state index is 0.0943. The summed E-state index contributed by atoms with van der Waals surface area (Å²) in [6, 6.07) is 0.0516. The molecule has 2 rings (SSSR count). The predicted molar refractivity (Wildman–Crippen MR) is 75.5 cm³/mol. The van der Waals surface area contributed by atoms with Gasteiger partial charge in [-0.25, -0.2) is 4.79 Å². The number of hydrogen-bond acceptors (Lipinski definition) is 3. The van der Waals surface area contributed by atoms with Gasteiger partial charge >= 0.3 is 12.0 Å². The molecule has 5 nitrogen and oxygen atoms in total. The largest absolute Gasteiger partial charge is 0.480 e. The van der Waals surface area contributed by atoms with Crippen LogP contribution < -0.4 is 0 Å². The van der Waals surface area contributed by atoms with E-state index in [1.165, 1.54) is 4.90 Å². The van der Waals surface area contributed by atoms with Crippen molar-refractivity contribution in [2.75, 3.05) is 25.4 Å². The number of carboxylic acid groups (broad SMARTS) is 1. The van der Waals surface area contributed by atoms with E-state index in [4.69, 9.17) is 5.11 Å². The van der Waals surface area contributed by atoms with Crippen molar-refractivity contribution in [2.45, 2.75) is 43.9 Å². The highest BCUT2D eigenvalue weighted by molar-refractivity contribution is 8.00. The molecule has 2 fully saturated rings. The van der Waals surface area contributed by atoms with Crippen molar-refractivity contribution >= 4 is 23.8 Å². The number of carboxylic acids is 1. The number of amides is 2. The van der Waals surface area contributed by atoms with E-state index < -0.39 is 5.97 Å². The Morgan fingerprint density at radius 2 is 2.05 bits per heavy atom. The number of nitrogens with zero attached hydrogens (tertiary/aromatic N) is 2. The lowest BCUT2D eigenvalue weighted by atomic mass is 10.1. The van der Waals surface area contributed by atoms with Crippen molar-refractivity contribution in [3.8, 4) is 0 Å². The molecule has 108 valence electrons. The van der Waals surface area contributed by atoms with Crippen molar-refractivity contribution in [1.82, 2.24) is 9.80 Å². The molecule has 1 aliphatic carbocycles. The van der Waals surface area contributed by atoms with Gasteiger partial charge in [0, 0.05) is 29.6 Å². The summed E-state index contributed by atoms with van der Waals surface area (Å²) in [6.45, 7) is 5.66. The Kier molecular flexibility index (Phi) is 4.28. The van der Waals surface area contributed by atoms with Crippen LogP contribution in [0, 0.1) is 0 Å². The summed E-state index contributed by atoms with van der Waals surface area (Å²) in [7, 11) is 0. The lowest BCUT2D eigenvalue weighted by Gasteiger charge is -2.29. The van der Waals surface area contributed by atoms with Gasteiger partial charge in [0.2, 0.25) is 0 Å². The molecule has 0 aromatic carbocycles. The van der Waals surface area contributed by atoms with Crippen LogP contribution in [0.1, 0.15) is 33.1 Å². The van der Waals surface area contributed by atoms with Gasteiger partial charge in [0.05, 0.1) is 0 Å². The van der Waals surface area contributed by atoms with Crippen LogP contribution >= 0.6 is 11.8 Å². The molecule has 2 aliphatic rings. The standard InChI is InChI=1S/C13H22N2O3S/c1-13(2)5-6-14(7-8-19-13)12(18)15(9-11(16)17)10-3-4-10/h10H,3-9H2,1-2H3,(H,16,17). The summed E-state index contributed by atoms with van der Waals surface area (Å²) < 4.78 is 0.201. The van der Waals surface area contributed by atoms with Crippen LogP contribution in [0.25, 0.3) is 0 Å². The highest BCUT2D eigenvalue weighted by Gasteiger charge is 2.37. The van der Waals surface area contributed by atoms with Gasteiger partial charge in [-0.3, -0.25) is 4.79 Å². The zero-order chi connectivity index (χ0) is 14.0. The number of aliphatic carboxylic acids is 1. The summed E-state index contributed by atoms with van der Waals surface area (Å²) in [4.78, 5) is 26.7. The van der Waals surface area contributed by atoms with E-state index in [1.807, 2.05) is 16.7 Å². The molecule has 1 saturated heterocycles. The SMILES string of the molecule is CC1(C)CCN(C(=O)N(CC(=O)O)C2CC2)CCS1. The second-order valence-corrected chi connectivity index (χ2v) is 7.68. The first-order chi connectivity index (χ1) is 8.89. The van der Waals surface area contributed by atoms with Crippen LogP contribution in [0.15, 0.2) is 0 Å². The molecule has 0 aromatic heterocycles. The van der Waals surface area contributed by atoms with Crippen LogP contribution in [0.4, 0.5) is 4.79 Å². The maximum atomic E-state index is 12.5. The van der Waals surface area contributed by atoms with Gasteiger partial charge in [0.25, 0.3) is 0 Å². The summed E-state index contributed by atoms with van der Waals surface area (Å²) in [5.41, 5.74) is 0. The minimum Gasteiger partial charge on any atom is -0.480 e. The van der Waals surface area contributed by atoms with Crippen LogP contribution in [-0.4, -0.2) is 63.1 Å². The Morgan fingerprint density at radius 3 is 2.63 bits per heavy atom. The van der Waals surface area contributed by atoms with Crippen LogP contribution in [0.3, 0.4) is 0 Å². The first-order valence-electron chi connectivity index (χ1n) is 6.80. The lowest BCUT2D eigenvalue weighted by molar-refractivity contribution is -0.137. The monoisotopic (exact) mass is 286 g/mol. The van der Waals surface area contributed by atoms with E-state index in [1.54, 1.807) is 0 Å². The third kappa shape index (κ3) is 4.03. The third-order valence-electron chi connectivity index (χ3n) is 3.65. The predicted octanol–water partition coefficient (Wildman–Crippen LogP) is 1.87. The molecule has 19 heavy (non-hydrogen) atoms. The number of carbonyl (C=O) groups is 2. The lowest BCUT2D eigenvalue weighted by Crippen LogP contribution is -2.47. The molecule has 0 unspecified atom stereocenters. The van der Waals surface area contributed by atoms with Crippen molar-refractivity contribution in [3.63, 3.8) is 0 Å². The Balaban J connectivity index is 1.98.